The fourth-order valence-corrected chi connectivity index (χ4v) is 6.95. The molecule has 166 valence electrons. The molecule has 0 N–H and O–H groups in total. The number of rotatable bonds is 2. The van der Waals surface area contributed by atoms with Gasteiger partial charge in [-0.25, -0.2) is 0 Å². The molecule has 2 aliphatic rings. The van der Waals surface area contributed by atoms with Crippen LogP contribution in [0.1, 0.15) is 29.9 Å². The van der Waals surface area contributed by atoms with E-state index in [-0.39, 0.29) is 22.3 Å². The first kappa shape index (κ1) is 20.6. The van der Waals surface area contributed by atoms with Gasteiger partial charge in [-0.1, -0.05) is 50.2 Å². The summed E-state index contributed by atoms with van der Waals surface area (Å²) in [6.45, 7) is 4.52. The Hall–Kier alpha value is -3.03. The number of thiophene rings is 1. The topological polar surface area (TPSA) is 45.6 Å². The molecule has 4 heterocycles. The highest BCUT2D eigenvalue weighted by Gasteiger charge is 2.42. The molecule has 0 spiro atoms. The van der Waals surface area contributed by atoms with Gasteiger partial charge in [0.05, 0.1) is 11.0 Å². The van der Waals surface area contributed by atoms with Gasteiger partial charge in [0, 0.05) is 41.6 Å². The third kappa shape index (κ3) is 2.60. The van der Waals surface area contributed by atoms with E-state index in [1.54, 1.807) is 25.4 Å². The molecule has 1 fully saturated rings. The van der Waals surface area contributed by atoms with Crippen LogP contribution < -0.4 is 0 Å². The van der Waals surface area contributed by atoms with Crippen molar-refractivity contribution in [3.8, 4) is 5.00 Å². The lowest BCUT2D eigenvalue weighted by atomic mass is 9.76. The highest BCUT2D eigenvalue weighted by Crippen LogP contribution is 2.50. The summed E-state index contributed by atoms with van der Waals surface area (Å²) in [5.41, 5.74) is 4.77. The van der Waals surface area contributed by atoms with Gasteiger partial charge in [-0.15, -0.1) is 11.3 Å². The van der Waals surface area contributed by atoms with Gasteiger partial charge in [0.2, 0.25) is 11.8 Å². The number of fused-ring (bicyclic) bond motifs is 5. The summed E-state index contributed by atoms with van der Waals surface area (Å²) in [6, 6.07) is 17.3. The molecule has 0 unspecified atom stereocenters. The second kappa shape index (κ2) is 6.74. The third-order valence-corrected chi connectivity index (χ3v) is 8.93. The van der Waals surface area contributed by atoms with E-state index in [1.807, 2.05) is 0 Å². The van der Waals surface area contributed by atoms with Crippen LogP contribution in [0.3, 0.4) is 0 Å². The zero-order valence-electron chi connectivity index (χ0n) is 18.9. The number of hydrogen-bond acceptors (Lipinski definition) is 4. The van der Waals surface area contributed by atoms with E-state index in [0.717, 1.165) is 4.88 Å². The molecule has 4 aromatic rings. The molecule has 33 heavy (non-hydrogen) atoms. The van der Waals surface area contributed by atoms with Crippen molar-refractivity contribution in [2.24, 2.45) is 5.92 Å². The summed E-state index contributed by atoms with van der Waals surface area (Å²) in [4.78, 5) is 29.7. The average molecular weight is 474 g/mol. The van der Waals surface area contributed by atoms with Crippen molar-refractivity contribution in [1.29, 1.82) is 0 Å². The van der Waals surface area contributed by atoms with Crippen LogP contribution in [0.2, 0.25) is 0 Å². The zero-order valence-corrected chi connectivity index (χ0v) is 20.5. The smallest absolute Gasteiger partial charge is 0.241 e. The Morgan fingerprint density at radius 1 is 0.939 bits per heavy atom. The standard InChI is InChI=1S/C26H23N3O2S2/c1-26(2)18-10-7-9-16-15-8-5-6-11-20(15)29(21(16)18)24-19(26)13-14(33-24)12-17-22(30)27(3)25(32)28(4)23(17)31/h5-11,13,17H,12H2,1-4H3. The van der Waals surface area contributed by atoms with E-state index in [1.165, 1.54) is 47.7 Å². The molecule has 2 aromatic carbocycles. The van der Waals surface area contributed by atoms with E-state index in [9.17, 15) is 9.59 Å². The Morgan fingerprint density at radius 2 is 1.61 bits per heavy atom. The lowest BCUT2D eigenvalue weighted by molar-refractivity contribution is -0.145. The van der Waals surface area contributed by atoms with Gasteiger partial charge >= 0.3 is 0 Å². The molecular formula is C26H23N3O2S2. The highest BCUT2D eigenvalue weighted by atomic mass is 32.1. The van der Waals surface area contributed by atoms with Crippen LogP contribution in [-0.2, 0) is 21.4 Å². The monoisotopic (exact) mass is 473 g/mol. The maximum Gasteiger partial charge on any atom is 0.241 e. The minimum atomic E-state index is -0.751. The predicted molar refractivity (Wildman–Crippen MR) is 136 cm³/mol. The summed E-state index contributed by atoms with van der Waals surface area (Å²) >= 11 is 6.93. The first-order valence-corrected chi connectivity index (χ1v) is 12.2. The fourth-order valence-electron chi connectivity index (χ4n) is 5.39. The van der Waals surface area contributed by atoms with Crippen LogP contribution in [0.15, 0.2) is 48.5 Å². The minimum absolute atomic E-state index is 0.191. The van der Waals surface area contributed by atoms with Crippen LogP contribution in [-0.4, -0.2) is 45.4 Å². The molecule has 1 saturated heterocycles. The number of hydrogen-bond donors (Lipinski definition) is 0. The van der Waals surface area contributed by atoms with E-state index in [2.05, 4.69) is 66.9 Å². The molecule has 7 heteroatoms. The van der Waals surface area contributed by atoms with Gasteiger partial charge in [-0.3, -0.25) is 19.4 Å². The van der Waals surface area contributed by atoms with Crippen molar-refractivity contribution in [3.05, 3.63) is 64.5 Å². The molecule has 0 bridgehead atoms. The maximum absolute atomic E-state index is 12.9. The maximum atomic E-state index is 12.9. The summed E-state index contributed by atoms with van der Waals surface area (Å²) in [7, 11) is 3.28. The summed E-state index contributed by atoms with van der Waals surface area (Å²) < 4.78 is 2.37. The third-order valence-electron chi connectivity index (χ3n) is 7.24. The molecular weight excluding hydrogens is 450 g/mol. The average Bonchev–Trinajstić information content (AvgIpc) is 3.38. The minimum Gasteiger partial charge on any atom is -0.300 e. The largest absolute Gasteiger partial charge is 0.300 e. The SMILES string of the molecule is CN1C(=O)C(Cc2cc3c(s2)-n2c4ccccc4c4cccc(c42)C3(C)C)C(=O)N(C)C1=S. The van der Waals surface area contributed by atoms with E-state index < -0.39 is 5.92 Å². The summed E-state index contributed by atoms with van der Waals surface area (Å²) in [5.74, 6) is -1.21. The number of para-hydroxylation sites is 2. The van der Waals surface area contributed by atoms with Crippen molar-refractivity contribution < 1.29 is 9.59 Å². The van der Waals surface area contributed by atoms with Gasteiger partial charge < -0.3 is 4.57 Å². The summed E-state index contributed by atoms with van der Waals surface area (Å²) in [5, 5.41) is 3.92. The highest BCUT2D eigenvalue weighted by molar-refractivity contribution is 7.80. The Kier molecular flexibility index (Phi) is 4.20. The fraction of sp³-hybridized carbons (Fsp3) is 0.269. The first-order valence-electron chi connectivity index (χ1n) is 11.0. The Morgan fingerprint density at radius 3 is 2.33 bits per heavy atom. The van der Waals surface area contributed by atoms with Crippen molar-refractivity contribution in [3.63, 3.8) is 0 Å². The van der Waals surface area contributed by atoms with Crippen LogP contribution in [0.25, 0.3) is 26.8 Å². The number of aromatic nitrogens is 1. The number of carbonyl (C=O) groups is 2. The summed E-state index contributed by atoms with van der Waals surface area (Å²) in [6.07, 6.45) is 0.376. The molecule has 0 radical (unpaired) electrons. The molecule has 2 amide bonds. The van der Waals surface area contributed by atoms with Crippen LogP contribution >= 0.6 is 23.6 Å². The Labute approximate surface area is 201 Å². The number of carbonyl (C=O) groups excluding carboxylic acids is 2. The van der Waals surface area contributed by atoms with Crippen molar-refractivity contribution in [1.82, 2.24) is 14.4 Å². The van der Waals surface area contributed by atoms with Gasteiger partial charge in [-0.2, -0.15) is 0 Å². The van der Waals surface area contributed by atoms with Crippen LogP contribution in [0.5, 0.6) is 0 Å². The second-order valence-corrected chi connectivity index (χ2v) is 10.9. The van der Waals surface area contributed by atoms with Gasteiger partial charge in [0.15, 0.2) is 5.11 Å². The molecule has 0 aliphatic carbocycles. The van der Waals surface area contributed by atoms with E-state index in [0.29, 0.717) is 6.42 Å². The Balaban J connectivity index is 1.54. The van der Waals surface area contributed by atoms with Crippen LogP contribution in [0, 0.1) is 5.92 Å². The van der Waals surface area contributed by atoms with Crippen molar-refractivity contribution >= 4 is 62.3 Å². The lowest BCUT2D eigenvalue weighted by Crippen LogP contribution is -2.57. The quantitative estimate of drug-likeness (QED) is 0.309. The molecule has 2 aliphatic heterocycles. The molecule has 0 atom stereocenters. The Bertz CT molecular complexity index is 1500. The number of amides is 2. The lowest BCUT2D eigenvalue weighted by Gasteiger charge is -2.35. The second-order valence-electron chi connectivity index (χ2n) is 9.44. The first-order chi connectivity index (χ1) is 15.7. The van der Waals surface area contributed by atoms with E-state index >= 15 is 0 Å². The van der Waals surface area contributed by atoms with Crippen molar-refractivity contribution in [2.45, 2.75) is 25.7 Å². The molecule has 6 rings (SSSR count). The van der Waals surface area contributed by atoms with Gasteiger partial charge in [0.25, 0.3) is 0 Å². The molecule has 0 saturated carbocycles. The number of thiocarbonyl (C=S) groups is 1. The van der Waals surface area contributed by atoms with Gasteiger partial charge in [0.1, 0.15) is 10.9 Å². The van der Waals surface area contributed by atoms with Crippen LogP contribution in [0.4, 0.5) is 0 Å². The van der Waals surface area contributed by atoms with Gasteiger partial charge in [-0.05, 0) is 35.5 Å². The van der Waals surface area contributed by atoms with E-state index in [4.69, 9.17) is 12.2 Å². The predicted octanol–water partition coefficient (Wildman–Crippen LogP) is 4.86. The normalized spacial score (nSPS) is 18.0. The molecule has 2 aromatic heterocycles. The molecule has 5 nitrogen and oxygen atoms in total. The number of nitrogens with zero attached hydrogens (tertiary/aromatic N) is 3. The van der Waals surface area contributed by atoms with Crippen molar-refractivity contribution in [2.75, 3.05) is 14.1 Å². The number of benzene rings is 2. The zero-order chi connectivity index (χ0) is 23.2.